The summed E-state index contributed by atoms with van der Waals surface area (Å²) in [5.41, 5.74) is 7.70. The molecule has 0 radical (unpaired) electrons. The molecule has 2 N–H and O–H groups in total. The van der Waals surface area contributed by atoms with Crippen LogP contribution in [0.2, 0.25) is 0 Å². The van der Waals surface area contributed by atoms with Gasteiger partial charge in [0, 0.05) is 10.3 Å². The van der Waals surface area contributed by atoms with Crippen LogP contribution in [-0.4, -0.2) is 5.91 Å². The van der Waals surface area contributed by atoms with E-state index in [-0.39, 0.29) is 5.91 Å². The van der Waals surface area contributed by atoms with Crippen LogP contribution in [0.1, 0.15) is 48.0 Å². The molecule has 0 aromatic carbocycles. The highest BCUT2D eigenvalue weighted by atomic mass is 32.1. The van der Waals surface area contributed by atoms with Crippen LogP contribution in [0.25, 0.3) is 0 Å². The molecule has 0 saturated carbocycles. The van der Waals surface area contributed by atoms with Gasteiger partial charge in [-0.25, -0.2) is 0 Å². The molecule has 1 aromatic heterocycles. The van der Waals surface area contributed by atoms with E-state index in [1.54, 1.807) is 11.3 Å². The van der Waals surface area contributed by atoms with Crippen molar-refractivity contribution in [2.75, 3.05) is 0 Å². The molecule has 0 bridgehead atoms. The van der Waals surface area contributed by atoms with Crippen molar-refractivity contribution >= 4 is 17.2 Å². The average molecular weight is 237 g/mol. The summed E-state index contributed by atoms with van der Waals surface area (Å²) >= 11 is 1.70. The highest BCUT2D eigenvalue weighted by molar-refractivity contribution is 7.10. The number of carbonyl (C=O) groups is 1. The molecule has 1 aromatic rings. The van der Waals surface area contributed by atoms with Crippen LogP contribution in [-0.2, 0) is 12.8 Å². The molecule has 2 rings (SSSR count). The van der Waals surface area contributed by atoms with Gasteiger partial charge in [0.2, 0.25) is 5.91 Å². The fourth-order valence-corrected chi connectivity index (χ4v) is 3.63. The first-order valence-corrected chi connectivity index (χ1v) is 6.66. The molecule has 1 aliphatic carbocycles. The first-order valence-electron chi connectivity index (χ1n) is 5.78. The Morgan fingerprint density at radius 3 is 2.75 bits per heavy atom. The smallest absolute Gasteiger partial charge is 0.249 e. The van der Waals surface area contributed by atoms with Crippen molar-refractivity contribution in [3.05, 3.63) is 21.4 Å². The molecule has 0 saturated heterocycles. The van der Waals surface area contributed by atoms with Crippen molar-refractivity contribution in [2.45, 2.75) is 40.0 Å². The lowest BCUT2D eigenvalue weighted by Crippen LogP contribution is -2.27. The Morgan fingerprint density at radius 2 is 2.19 bits per heavy atom. The maximum absolute atomic E-state index is 11.2. The van der Waals surface area contributed by atoms with Crippen LogP contribution < -0.4 is 5.73 Å². The minimum atomic E-state index is -0.272. The quantitative estimate of drug-likeness (QED) is 0.801. The first kappa shape index (κ1) is 11.6. The second-order valence-electron chi connectivity index (χ2n) is 5.72. The van der Waals surface area contributed by atoms with Crippen LogP contribution >= 0.6 is 11.3 Å². The summed E-state index contributed by atoms with van der Waals surface area (Å²) in [6.45, 7) is 6.89. The van der Waals surface area contributed by atoms with Crippen LogP contribution in [0.4, 0.5) is 0 Å². The van der Waals surface area contributed by atoms with Gasteiger partial charge in [-0.2, -0.15) is 0 Å². The van der Waals surface area contributed by atoms with Gasteiger partial charge in [-0.1, -0.05) is 20.8 Å². The third kappa shape index (κ3) is 2.01. The largest absolute Gasteiger partial charge is 0.366 e. The Labute approximate surface area is 101 Å². The summed E-state index contributed by atoms with van der Waals surface area (Å²) < 4.78 is 0. The molecule has 16 heavy (non-hydrogen) atoms. The number of carbonyl (C=O) groups excluding carboxylic acids is 1. The molecular weight excluding hydrogens is 218 g/mol. The molecule has 3 heteroatoms. The lowest BCUT2D eigenvalue weighted by molar-refractivity contribution is 0.0999. The zero-order valence-corrected chi connectivity index (χ0v) is 11.0. The number of primary amides is 1. The highest BCUT2D eigenvalue weighted by Crippen LogP contribution is 2.40. The van der Waals surface area contributed by atoms with E-state index in [4.69, 9.17) is 5.73 Å². The third-order valence-corrected chi connectivity index (χ3v) is 4.70. The topological polar surface area (TPSA) is 43.1 Å². The van der Waals surface area contributed by atoms with Gasteiger partial charge in [0.1, 0.15) is 0 Å². The Bertz CT molecular complexity index is 414. The average Bonchev–Trinajstić information content (AvgIpc) is 2.58. The maximum atomic E-state index is 11.2. The van der Waals surface area contributed by atoms with E-state index in [9.17, 15) is 4.79 Å². The Kier molecular flexibility index (Phi) is 2.82. The molecule has 0 aliphatic heterocycles. The van der Waals surface area contributed by atoms with E-state index in [2.05, 4.69) is 20.8 Å². The Balaban J connectivity index is 2.27. The summed E-state index contributed by atoms with van der Waals surface area (Å²) in [4.78, 5) is 12.6. The van der Waals surface area contributed by atoms with Crippen molar-refractivity contribution < 1.29 is 4.79 Å². The summed E-state index contributed by atoms with van der Waals surface area (Å²) in [5.74, 6) is 0.450. The van der Waals surface area contributed by atoms with Crippen LogP contribution in [0, 0.1) is 11.3 Å². The SMILES string of the molecule is CC(C)(C)C1CCc2c(C(N)=O)csc2C1. The Hall–Kier alpha value is -0.830. The first-order chi connectivity index (χ1) is 7.39. The molecule has 1 heterocycles. The summed E-state index contributed by atoms with van der Waals surface area (Å²) in [7, 11) is 0. The van der Waals surface area contributed by atoms with Crippen molar-refractivity contribution in [1.82, 2.24) is 0 Å². The number of amides is 1. The van der Waals surface area contributed by atoms with Gasteiger partial charge in [0.05, 0.1) is 5.56 Å². The standard InChI is InChI=1S/C13H19NOS/c1-13(2,3)8-4-5-9-10(12(14)15)7-16-11(9)6-8/h7-8H,4-6H2,1-3H3,(H2,14,15). The lowest BCUT2D eigenvalue weighted by Gasteiger charge is -2.33. The fourth-order valence-electron chi connectivity index (χ4n) is 2.46. The number of fused-ring (bicyclic) bond motifs is 1. The van der Waals surface area contributed by atoms with Crippen LogP contribution in [0.15, 0.2) is 5.38 Å². The van der Waals surface area contributed by atoms with Gasteiger partial charge >= 0.3 is 0 Å². The minimum absolute atomic E-state index is 0.272. The number of rotatable bonds is 1. The van der Waals surface area contributed by atoms with Gasteiger partial charge in [-0.3, -0.25) is 4.79 Å². The van der Waals surface area contributed by atoms with E-state index >= 15 is 0 Å². The van der Waals surface area contributed by atoms with E-state index in [1.165, 1.54) is 16.9 Å². The van der Waals surface area contributed by atoms with E-state index in [0.717, 1.165) is 24.3 Å². The molecular formula is C13H19NOS. The van der Waals surface area contributed by atoms with E-state index in [0.29, 0.717) is 5.41 Å². The fraction of sp³-hybridized carbons (Fsp3) is 0.615. The molecule has 0 spiro atoms. The monoisotopic (exact) mass is 237 g/mol. The van der Waals surface area contributed by atoms with Crippen molar-refractivity contribution in [2.24, 2.45) is 17.1 Å². The van der Waals surface area contributed by atoms with Gasteiger partial charge < -0.3 is 5.73 Å². The lowest BCUT2D eigenvalue weighted by atomic mass is 9.72. The third-order valence-electron chi connectivity index (χ3n) is 3.65. The second-order valence-corrected chi connectivity index (χ2v) is 6.69. The highest BCUT2D eigenvalue weighted by Gasteiger charge is 2.31. The van der Waals surface area contributed by atoms with Crippen LogP contribution in [0.3, 0.4) is 0 Å². The van der Waals surface area contributed by atoms with E-state index < -0.39 is 0 Å². The number of hydrogen-bond acceptors (Lipinski definition) is 2. The van der Waals surface area contributed by atoms with Gasteiger partial charge in [-0.15, -0.1) is 11.3 Å². The van der Waals surface area contributed by atoms with Crippen molar-refractivity contribution in [1.29, 1.82) is 0 Å². The summed E-state index contributed by atoms with van der Waals surface area (Å²) in [6.07, 6.45) is 3.29. The van der Waals surface area contributed by atoms with Crippen molar-refractivity contribution in [3.63, 3.8) is 0 Å². The molecule has 1 amide bonds. The van der Waals surface area contributed by atoms with Gasteiger partial charge in [-0.05, 0) is 36.2 Å². The predicted molar refractivity (Wildman–Crippen MR) is 67.8 cm³/mol. The molecule has 2 nitrogen and oxygen atoms in total. The molecule has 0 fully saturated rings. The van der Waals surface area contributed by atoms with Gasteiger partial charge in [0.15, 0.2) is 0 Å². The number of hydrogen-bond donors (Lipinski definition) is 1. The predicted octanol–water partition coefficient (Wildman–Crippen LogP) is 3.00. The zero-order chi connectivity index (χ0) is 11.9. The summed E-state index contributed by atoms with van der Waals surface area (Å²) in [6, 6.07) is 0. The molecule has 1 unspecified atom stereocenters. The Morgan fingerprint density at radius 1 is 1.50 bits per heavy atom. The number of nitrogens with two attached hydrogens (primary N) is 1. The molecule has 1 aliphatic rings. The molecule has 1 atom stereocenters. The van der Waals surface area contributed by atoms with Crippen LogP contribution in [0.5, 0.6) is 0 Å². The summed E-state index contributed by atoms with van der Waals surface area (Å²) in [5, 5.41) is 1.93. The van der Waals surface area contributed by atoms with E-state index in [1.807, 2.05) is 5.38 Å². The maximum Gasteiger partial charge on any atom is 0.249 e. The van der Waals surface area contributed by atoms with Gasteiger partial charge in [0.25, 0.3) is 0 Å². The molecule has 88 valence electrons. The number of thiophene rings is 1. The second kappa shape index (κ2) is 3.88. The normalized spacial score (nSPS) is 20.6. The zero-order valence-electron chi connectivity index (χ0n) is 10.2. The minimum Gasteiger partial charge on any atom is -0.366 e. The van der Waals surface area contributed by atoms with Crippen molar-refractivity contribution in [3.8, 4) is 0 Å².